The summed E-state index contributed by atoms with van der Waals surface area (Å²) in [6.45, 7) is 4.84. The summed E-state index contributed by atoms with van der Waals surface area (Å²) in [5, 5.41) is 3.19. The highest BCUT2D eigenvalue weighted by molar-refractivity contribution is 5.85. The van der Waals surface area contributed by atoms with E-state index in [2.05, 4.69) is 5.32 Å². The lowest BCUT2D eigenvalue weighted by molar-refractivity contribution is 0.0178. The quantitative estimate of drug-likeness (QED) is 0.923. The topological polar surface area (TPSA) is 15.3 Å². The molecule has 0 aromatic heterocycles. The molecule has 2 rings (SSSR count). The van der Waals surface area contributed by atoms with Crippen molar-refractivity contribution in [3.63, 3.8) is 0 Å². The van der Waals surface area contributed by atoms with E-state index < -0.39 is 12.5 Å². The van der Waals surface area contributed by atoms with Crippen LogP contribution in [-0.2, 0) is 0 Å². The van der Waals surface area contributed by atoms with Gasteiger partial charge in [0, 0.05) is 26.2 Å². The van der Waals surface area contributed by atoms with E-state index in [1.54, 1.807) is 0 Å². The zero-order valence-electron chi connectivity index (χ0n) is 10.8. The monoisotopic (exact) mass is 312 g/mol. The molecule has 0 bridgehead atoms. The van der Waals surface area contributed by atoms with Crippen LogP contribution in [0.5, 0.6) is 0 Å². The van der Waals surface area contributed by atoms with Crippen LogP contribution in [0.25, 0.3) is 0 Å². The number of rotatable bonds is 3. The van der Waals surface area contributed by atoms with Gasteiger partial charge in [-0.1, -0.05) is 24.3 Å². The molecule has 19 heavy (non-hydrogen) atoms. The molecule has 1 aliphatic rings. The number of hydrogen-bond acceptors (Lipinski definition) is 2. The van der Waals surface area contributed by atoms with Crippen LogP contribution in [0, 0.1) is 6.92 Å². The molecular weight excluding hydrogens is 293 g/mol. The Morgan fingerprint density at radius 1 is 1.11 bits per heavy atom. The predicted octanol–water partition coefficient (Wildman–Crippen LogP) is 3.05. The molecule has 1 aliphatic heterocycles. The second kappa shape index (κ2) is 8.69. The van der Waals surface area contributed by atoms with Crippen molar-refractivity contribution < 1.29 is 8.78 Å². The van der Waals surface area contributed by atoms with Crippen molar-refractivity contribution >= 4 is 24.8 Å². The molecule has 2 nitrogen and oxygen atoms in total. The van der Waals surface area contributed by atoms with Gasteiger partial charge in [0.15, 0.2) is 0 Å². The number of piperazine rings is 1. The maximum atomic E-state index is 13.3. The van der Waals surface area contributed by atoms with Crippen molar-refractivity contribution in [3.8, 4) is 0 Å². The lowest BCUT2D eigenvalue weighted by atomic mass is 10.00. The first-order valence-corrected chi connectivity index (χ1v) is 5.98. The van der Waals surface area contributed by atoms with E-state index >= 15 is 0 Å². The van der Waals surface area contributed by atoms with E-state index in [9.17, 15) is 8.78 Å². The minimum absolute atomic E-state index is 0. The Bertz CT molecular complexity index is 371. The van der Waals surface area contributed by atoms with Crippen LogP contribution in [0.3, 0.4) is 0 Å². The fourth-order valence-electron chi connectivity index (χ4n) is 2.37. The Morgan fingerprint density at radius 2 is 1.68 bits per heavy atom. The van der Waals surface area contributed by atoms with Crippen LogP contribution in [0.4, 0.5) is 8.78 Å². The Kier molecular flexibility index (Phi) is 8.50. The number of alkyl halides is 2. The van der Waals surface area contributed by atoms with Crippen molar-refractivity contribution in [1.29, 1.82) is 0 Å². The number of nitrogens with zero attached hydrogens (tertiary/aromatic N) is 1. The van der Waals surface area contributed by atoms with Gasteiger partial charge >= 0.3 is 0 Å². The summed E-state index contributed by atoms with van der Waals surface area (Å²) in [6, 6.07) is 6.67. The maximum absolute atomic E-state index is 13.3. The highest BCUT2D eigenvalue weighted by Gasteiger charge is 2.30. The molecule has 0 spiro atoms. The third kappa shape index (κ3) is 4.56. The minimum atomic E-state index is -2.34. The van der Waals surface area contributed by atoms with Gasteiger partial charge in [0.2, 0.25) is 0 Å². The lowest BCUT2D eigenvalue weighted by Crippen LogP contribution is -2.47. The molecule has 1 aromatic rings. The van der Waals surface area contributed by atoms with Crippen molar-refractivity contribution in [3.05, 3.63) is 35.4 Å². The summed E-state index contributed by atoms with van der Waals surface area (Å²) in [4.78, 5) is 1.88. The van der Waals surface area contributed by atoms with Gasteiger partial charge in [0.25, 0.3) is 6.43 Å². The number of aryl methyl sites for hydroxylation is 1. The van der Waals surface area contributed by atoms with Gasteiger partial charge in [0.1, 0.15) is 0 Å². The van der Waals surface area contributed by atoms with E-state index in [0.29, 0.717) is 13.1 Å². The lowest BCUT2D eigenvalue weighted by Gasteiger charge is -2.35. The number of halogens is 4. The zero-order valence-corrected chi connectivity index (χ0v) is 12.4. The minimum Gasteiger partial charge on any atom is -0.314 e. The third-order valence-electron chi connectivity index (χ3n) is 3.29. The normalized spacial score (nSPS) is 17.5. The Labute approximate surface area is 125 Å². The first-order chi connectivity index (χ1) is 8.20. The highest BCUT2D eigenvalue weighted by Crippen LogP contribution is 2.29. The summed E-state index contributed by atoms with van der Waals surface area (Å²) in [7, 11) is 0. The molecular formula is C13H20Cl2F2N2. The predicted molar refractivity (Wildman–Crippen MR) is 78.9 cm³/mol. The molecule has 0 amide bonds. The first kappa shape index (κ1) is 18.6. The molecule has 6 heteroatoms. The maximum Gasteiger partial charge on any atom is 0.258 e. The van der Waals surface area contributed by atoms with Crippen LogP contribution in [0.1, 0.15) is 17.2 Å². The molecule has 1 aromatic carbocycles. The van der Waals surface area contributed by atoms with Crippen molar-refractivity contribution in [2.45, 2.75) is 19.4 Å². The Hall–Kier alpha value is -0.420. The summed E-state index contributed by atoms with van der Waals surface area (Å²) >= 11 is 0. The van der Waals surface area contributed by atoms with Crippen LogP contribution in [-0.4, -0.2) is 37.5 Å². The van der Waals surface area contributed by atoms with E-state index in [0.717, 1.165) is 24.2 Å². The van der Waals surface area contributed by atoms with Crippen molar-refractivity contribution in [1.82, 2.24) is 10.2 Å². The van der Waals surface area contributed by atoms with Crippen LogP contribution in [0.2, 0.25) is 0 Å². The molecule has 0 radical (unpaired) electrons. The zero-order chi connectivity index (χ0) is 12.3. The van der Waals surface area contributed by atoms with Crippen molar-refractivity contribution in [2.75, 3.05) is 26.2 Å². The van der Waals surface area contributed by atoms with Gasteiger partial charge < -0.3 is 5.32 Å². The average molecular weight is 313 g/mol. The molecule has 1 atom stereocenters. The highest BCUT2D eigenvalue weighted by atomic mass is 35.5. The molecule has 1 N–H and O–H groups in total. The molecule has 0 aliphatic carbocycles. The van der Waals surface area contributed by atoms with Gasteiger partial charge in [-0.25, -0.2) is 8.78 Å². The Morgan fingerprint density at radius 3 is 2.21 bits per heavy atom. The Balaban J connectivity index is 0.00000162. The average Bonchev–Trinajstić information content (AvgIpc) is 2.33. The van der Waals surface area contributed by atoms with E-state index in [-0.39, 0.29) is 24.8 Å². The van der Waals surface area contributed by atoms with Gasteiger partial charge in [-0.2, -0.15) is 0 Å². The van der Waals surface area contributed by atoms with Gasteiger partial charge in [-0.15, -0.1) is 24.8 Å². The second-order valence-electron chi connectivity index (χ2n) is 4.42. The number of hydrogen-bond donors (Lipinski definition) is 1. The summed E-state index contributed by atoms with van der Waals surface area (Å²) < 4.78 is 26.6. The van der Waals surface area contributed by atoms with Crippen LogP contribution < -0.4 is 5.32 Å². The summed E-state index contributed by atoms with van der Waals surface area (Å²) in [5.41, 5.74) is 1.70. The standard InChI is InChI=1S/C13H18F2N2.2ClH/c1-10-4-2-3-5-11(10)12(13(14)15)17-8-6-16-7-9-17;;/h2-5,12-13,16H,6-9H2,1H3;2*1H/t12-;;/m1../s1. The second-order valence-corrected chi connectivity index (χ2v) is 4.42. The smallest absolute Gasteiger partial charge is 0.258 e. The van der Waals surface area contributed by atoms with E-state index in [1.165, 1.54) is 0 Å². The molecule has 1 heterocycles. The fourth-order valence-corrected chi connectivity index (χ4v) is 2.37. The molecule has 110 valence electrons. The largest absolute Gasteiger partial charge is 0.314 e. The molecule has 1 saturated heterocycles. The van der Waals surface area contributed by atoms with E-state index in [1.807, 2.05) is 36.1 Å². The third-order valence-corrected chi connectivity index (χ3v) is 3.29. The van der Waals surface area contributed by atoms with Crippen molar-refractivity contribution in [2.24, 2.45) is 0 Å². The number of nitrogens with one attached hydrogen (secondary N) is 1. The van der Waals surface area contributed by atoms with Crippen LogP contribution in [0.15, 0.2) is 24.3 Å². The molecule has 1 fully saturated rings. The summed E-state index contributed by atoms with van der Waals surface area (Å²) in [6.07, 6.45) is -2.34. The first-order valence-electron chi connectivity index (χ1n) is 5.98. The van der Waals surface area contributed by atoms with Crippen LogP contribution >= 0.6 is 24.8 Å². The van der Waals surface area contributed by atoms with E-state index in [4.69, 9.17) is 0 Å². The van der Waals surface area contributed by atoms with Gasteiger partial charge in [-0.3, -0.25) is 4.90 Å². The molecule has 0 unspecified atom stereocenters. The number of benzene rings is 1. The van der Waals surface area contributed by atoms with Gasteiger partial charge in [-0.05, 0) is 18.1 Å². The van der Waals surface area contributed by atoms with Gasteiger partial charge in [0.05, 0.1) is 6.04 Å². The summed E-state index contributed by atoms with van der Waals surface area (Å²) in [5.74, 6) is 0. The SMILES string of the molecule is Cc1ccccc1[C@H](C(F)F)N1CCNCC1.Cl.Cl. The fraction of sp³-hybridized carbons (Fsp3) is 0.538. The molecule has 0 saturated carbocycles.